The zero-order valence-corrected chi connectivity index (χ0v) is 15.3. The van der Waals surface area contributed by atoms with Gasteiger partial charge in [0.05, 0.1) is 5.54 Å². The number of nitrogens with one attached hydrogen (secondary N) is 1. The van der Waals surface area contributed by atoms with E-state index in [1.165, 1.54) is 19.3 Å². The lowest BCUT2D eigenvalue weighted by Crippen LogP contribution is -2.51. The molecule has 0 spiro atoms. The molecule has 0 saturated heterocycles. The average molecular weight is 454 g/mol. The molecule has 0 heterocycles. The van der Waals surface area contributed by atoms with Gasteiger partial charge in [-0.05, 0) is 31.0 Å². The highest BCUT2D eigenvalue weighted by atomic mass is 79.9. The molecule has 19 heavy (non-hydrogen) atoms. The van der Waals surface area contributed by atoms with E-state index in [4.69, 9.17) is 0 Å². The van der Waals surface area contributed by atoms with Gasteiger partial charge in [0.15, 0.2) is 0 Å². The molecule has 1 saturated carbocycles. The molecule has 1 fully saturated rings. The second kappa shape index (κ2) is 6.72. The van der Waals surface area contributed by atoms with Crippen molar-refractivity contribution in [2.45, 2.75) is 37.6 Å². The molecule has 104 valence electrons. The van der Waals surface area contributed by atoms with Crippen LogP contribution in [0.2, 0.25) is 0 Å². The monoisotopic (exact) mass is 451 g/mol. The van der Waals surface area contributed by atoms with Gasteiger partial charge in [0.1, 0.15) is 0 Å². The maximum atomic E-state index is 12.4. The van der Waals surface area contributed by atoms with E-state index < -0.39 is 0 Å². The zero-order chi connectivity index (χ0) is 13.9. The summed E-state index contributed by atoms with van der Waals surface area (Å²) >= 11 is 10.4. The predicted octanol–water partition coefficient (Wildman–Crippen LogP) is 5.04. The van der Waals surface area contributed by atoms with E-state index in [0.717, 1.165) is 27.1 Å². The van der Waals surface area contributed by atoms with E-state index >= 15 is 0 Å². The summed E-state index contributed by atoms with van der Waals surface area (Å²) in [5, 5.41) is 4.05. The summed E-state index contributed by atoms with van der Waals surface area (Å²) in [5.74, 6) is 0.00310. The first-order valence-corrected chi connectivity index (χ1v) is 9.10. The van der Waals surface area contributed by atoms with Crippen molar-refractivity contribution in [2.24, 2.45) is 0 Å². The van der Waals surface area contributed by atoms with Crippen LogP contribution in [0.1, 0.15) is 42.5 Å². The molecular formula is C14H16Br3NO. The van der Waals surface area contributed by atoms with Gasteiger partial charge in [-0.1, -0.05) is 67.1 Å². The number of hydrogen-bond acceptors (Lipinski definition) is 1. The Hall–Kier alpha value is 0.130. The summed E-state index contributed by atoms with van der Waals surface area (Å²) in [7, 11) is 0. The number of benzene rings is 1. The van der Waals surface area contributed by atoms with E-state index in [2.05, 4.69) is 53.1 Å². The minimum absolute atomic E-state index is 0.00310. The molecule has 5 heteroatoms. The number of carbonyl (C=O) groups excluding carboxylic acids is 1. The van der Waals surface area contributed by atoms with Gasteiger partial charge >= 0.3 is 0 Å². The topological polar surface area (TPSA) is 29.1 Å². The van der Waals surface area contributed by atoms with E-state index in [-0.39, 0.29) is 11.4 Å². The Balaban J connectivity index is 2.15. The Morgan fingerprint density at radius 1 is 1.11 bits per heavy atom. The fourth-order valence-electron chi connectivity index (χ4n) is 2.52. The molecule has 1 aliphatic rings. The largest absolute Gasteiger partial charge is 0.346 e. The molecular weight excluding hydrogens is 438 g/mol. The summed E-state index contributed by atoms with van der Waals surface area (Å²) in [6.45, 7) is 0. The Morgan fingerprint density at radius 3 is 2.21 bits per heavy atom. The second-order valence-corrected chi connectivity index (χ2v) is 7.48. The number of alkyl halides is 1. The molecule has 2 rings (SSSR count). The van der Waals surface area contributed by atoms with Gasteiger partial charge in [-0.15, -0.1) is 0 Å². The van der Waals surface area contributed by atoms with E-state index in [9.17, 15) is 4.79 Å². The molecule has 0 radical (unpaired) electrons. The van der Waals surface area contributed by atoms with Gasteiger partial charge in [-0.3, -0.25) is 4.79 Å². The highest BCUT2D eigenvalue weighted by Gasteiger charge is 2.32. The molecule has 0 unspecified atom stereocenters. The number of amides is 1. The van der Waals surface area contributed by atoms with Crippen molar-refractivity contribution in [3.63, 3.8) is 0 Å². The van der Waals surface area contributed by atoms with Crippen LogP contribution in [0, 0.1) is 0 Å². The van der Waals surface area contributed by atoms with E-state index in [1.807, 2.05) is 18.2 Å². The Labute approximate surface area is 139 Å². The molecule has 0 aliphatic heterocycles. The molecule has 2 nitrogen and oxygen atoms in total. The Kier molecular flexibility index (Phi) is 5.49. The summed E-state index contributed by atoms with van der Waals surface area (Å²) in [4.78, 5) is 12.4. The zero-order valence-electron chi connectivity index (χ0n) is 10.5. The maximum absolute atomic E-state index is 12.4. The van der Waals surface area contributed by atoms with E-state index in [1.54, 1.807) is 0 Å². The van der Waals surface area contributed by atoms with E-state index in [0.29, 0.717) is 5.56 Å². The second-order valence-electron chi connectivity index (χ2n) is 5.09. The molecule has 1 amide bonds. The third kappa shape index (κ3) is 4.05. The highest BCUT2D eigenvalue weighted by Crippen LogP contribution is 2.30. The minimum atomic E-state index is -0.0792. The van der Waals surface area contributed by atoms with Crippen molar-refractivity contribution in [1.29, 1.82) is 0 Å². The normalized spacial score (nSPS) is 18.1. The lowest BCUT2D eigenvalue weighted by molar-refractivity contribution is 0.0886. The van der Waals surface area contributed by atoms with Gasteiger partial charge in [-0.2, -0.15) is 0 Å². The Morgan fingerprint density at radius 2 is 1.68 bits per heavy atom. The number of rotatable bonds is 3. The summed E-state index contributed by atoms with van der Waals surface area (Å²) in [6.07, 6.45) is 5.76. The van der Waals surface area contributed by atoms with Crippen LogP contribution in [-0.2, 0) is 0 Å². The summed E-state index contributed by atoms with van der Waals surface area (Å²) in [5.41, 5.74) is 0.608. The van der Waals surface area contributed by atoms with Crippen molar-refractivity contribution in [2.75, 3.05) is 5.33 Å². The van der Waals surface area contributed by atoms with Crippen molar-refractivity contribution in [3.8, 4) is 0 Å². The quantitative estimate of drug-likeness (QED) is 0.638. The predicted molar refractivity (Wildman–Crippen MR) is 88.9 cm³/mol. The van der Waals surface area contributed by atoms with Crippen LogP contribution in [0.25, 0.3) is 0 Å². The molecule has 0 atom stereocenters. The van der Waals surface area contributed by atoms with Crippen molar-refractivity contribution >= 4 is 53.7 Å². The minimum Gasteiger partial charge on any atom is -0.346 e. The Bertz CT molecular complexity index is 450. The standard InChI is InChI=1S/C14H16Br3NO/c15-9-14(4-2-1-3-5-14)18-13(19)10-6-11(16)8-12(17)7-10/h6-8H,1-5,9H2,(H,18,19). The van der Waals surface area contributed by atoms with Crippen LogP contribution >= 0.6 is 47.8 Å². The lowest BCUT2D eigenvalue weighted by Gasteiger charge is -2.36. The van der Waals surface area contributed by atoms with Crippen LogP contribution in [0.5, 0.6) is 0 Å². The molecule has 1 aromatic carbocycles. The number of halogens is 3. The number of carbonyl (C=O) groups is 1. The van der Waals surface area contributed by atoms with Gasteiger partial charge in [0.2, 0.25) is 0 Å². The summed E-state index contributed by atoms with van der Waals surface area (Å²) in [6, 6.07) is 5.63. The molecule has 1 aliphatic carbocycles. The fraction of sp³-hybridized carbons (Fsp3) is 0.500. The first-order chi connectivity index (χ1) is 9.04. The van der Waals surface area contributed by atoms with Gasteiger partial charge < -0.3 is 5.32 Å². The smallest absolute Gasteiger partial charge is 0.251 e. The van der Waals surface area contributed by atoms with Crippen LogP contribution in [0.15, 0.2) is 27.1 Å². The van der Waals surface area contributed by atoms with Crippen LogP contribution < -0.4 is 5.32 Å². The fourth-order valence-corrected chi connectivity index (χ4v) is 4.51. The first-order valence-electron chi connectivity index (χ1n) is 6.39. The van der Waals surface area contributed by atoms with Crippen molar-refractivity contribution < 1.29 is 4.79 Å². The van der Waals surface area contributed by atoms with Gasteiger partial charge in [0.25, 0.3) is 5.91 Å². The van der Waals surface area contributed by atoms with Crippen molar-refractivity contribution in [1.82, 2.24) is 5.32 Å². The molecule has 0 aromatic heterocycles. The lowest BCUT2D eigenvalue weighted by atomic mass is 9.83. The van der Waals surface area contributed by atoms with Crippen LogP contribution in [0.3, 0.4) is 0 Å². The average Bonchev–Trinajstić information content (AvgIpc) is 2.38. The van der Waals surface area contributed by atoms with Crippen molar-refractivity contribution in [3.05, 3.63) is 32.7 Å². The van der Waals surface area contributed by atoms with Crippen LogP contribution in [-0.4, -0.2) is 16.8 Å². The first kappa shape index (κ1) is 15.5. The maximum Gasteiger partial charge on any atom is 0.251 e. The molecule has 1 aromatic rings. The van der Waals surface area contributed by atoms with Gasteiger partial charge in [-0.25, -0.2) is 0 Å². The summed E-state index contributed by atoms with van der Waals surface area (Å²) < 4.78 is 1.81. The third-order valence-electron chi connectivity index (χ3n) is 3.57. The number of hydrogen-bond donors (Lipinski definition) is 1. The van der Waals surface area contributed by atoms with Gasteiger partial charge in [0, 0.05) is 19.8 Å². The van der Waals surface area contributed by atoms with Crippen LogP contribution in [0.4, 0.5) is 0 Å². The molecule has 1 N–H and O–H groups in total. The SMILES string of the molecule is O=C(NC1(CBr)CCCCC1)c1cc(Br)cc(Br)c1. The molecule has 0 bridgehead atoms. The highest BCUT2D eigenvalue weighted by molar-refractivity contribution is 9.11. The third-order valence-corrected chi connectivity index (χ3v) is 5.56.